The van der Waals surface area contributed by atoms with E-state index in [1.54, 1.807) is 19.1 Å². The average molecular weight is 320 g/mol. The number of amides is 1. The van der Waals surface area contributed by atoms with Crippen LogP contribution in [0.1, 0.15) is 12.5 Å². The topological polar surface area (TPSA) is 76.4 Å². The molecule has 0 bridgehead atoms. The molecule has 23 heavy (non-hydrogen) atoms. The number of nitrogens with two attached hydrogens (primary N) is 1. The number of hydrogen-bond donors (Lipinski definition) is 3. The molecule has 0 saturated carbocycles. The van der Waals surface area contributed by atoms with Crippen molar-refractivity contribution in [1.29, 1.82) is 0 Å². The van der Waals surface area contributed by atoms with Crippen LogP contribution in [-0.2, 0) is 11.3 Å². The lowest BCUT2D eigenvalue weighted by Gasteiger charge is -2.13. The lowest BCUT2D eigenvalue weighted by molar-refractivity contribution is 0.168. The Balaban J connectivity index is 2.07. The van der Waals surface area contributed by atoms with E-state index in [4.69, 9.17) is 10.5 Å². The molecule has 0 heterocycles. The van der Waals surface area contributed by atoms with Crippen molar-refractivity contribution >= 4 is 23.2 Å². The summed E-state index contributed by atoms with van der Waals surface area (Å²) < 4.78 is 31.8. The molecule has 0 aliphatic heterocycles. The molecule has 1 amide bonds. The van der Waals surface area contributed by atoms with Gasteiger partial charge in [-0.1, -0.05) is 12.1 Å². The second-order valence-corrected chi connectivity index (χ2v) is 4.71. The van der Waals surface area contributed by atoms with Gasteiger partial charge in [0.15, 0.2) is 5.82 Å². The molecular formula is C16H17F2N3O2. The fourth-order valence-electron chi connectivity index (χ4n) is 1.92. The molecule has 7 heteroatoms. The van der Waals surface area contributed by atoms with Crippen molar-refractivity contribution in [2.24, 2.45) is 0 Å². The largest absolute Gasteiger partial charge is 0.450 e. The van der Waals surface area contributed by atoms with Gasteiger partial charge in [0.25, 0.3) is 0 Å². The van der Waals surface area contributed by atoms with Gasteiger partial charge in [0.2, 0.25) is 0 Å². The van der Waals surface area contributed by atoms with Gasteiger partial charge in [-0.3, -0.25) is 5.32 Å². The SMILES string of the molecule is CCOC(=O)Nc1ccc(NCc2ccc([18F])cc2)c(F)c1N. The molecule has 0 saturated heterocycles. The van der Waals surface area contributed by atoms with Crippen LogP contribution in [0.25, 0.3) is 0 Å². The number of carbonyl (C=O) groups is 1. The zero-order chi connectivity index (χ0) is 16.8. The summed E-state index contributed by atoms with van der Waals surface area (Å²) in [6.45, 7) is 2.17. The number of nitrogens with one attached hydrogen (secondary N) is 2. The predicted octanol–water partition coefficient (Wildman–Crippen LogP) is 3.73. The third-order valence-corrected chi connectivity index (χ3v) is 3.09. The van der Waals surface area contributed by atoms with E-state index in [9.17, 15) is 13.6 Å². The molecule has 0 spiro atoms. The number of ether oxygens (including phenoxy) is 1. The van der Waals surface area contributed by atoms with Gasteiger partial charge in [0.1, 0.15) is 5.82 Å². The summed E-state index contributed by atoms with van der Waals surface area (Å²) in [7, 11) is 0. The Morgan fingerprint density at radius 1 is 1.13 bits per heavy atom. The molecule has 0 radical (unpaired) electrons. The number of hydrogen-bond acceptors (Lipinski definition) is 4. The smallest absolute Gasteiger partial charge is 0.411 e. The first-order valence-corrected chi connectivity index (χ1v) is 7.01. The Kier molecular flexibility index (Phi) is 5.35. The van der Waals surface area contributed by atoms with Crippen LogP contribution in [0.2, 0.25) is 0 Å². The highest BCUT2D eigenvalue weighted by molar-refractivity contribution is 5.90. The fraction of sp³-hybridized carbons (Fsp3) is 0.188. The first-order valence-electron chi connectivity index (χ1n) is 7.01. The number of halogens is 2. The van der Waals surface area contributed by atoms with Crippen LogP contribution in [0.15, 0.2) is 36.4 Å². The van der Waals surface area contributed by atoms with Crippen molar-refractivity contribution in [1.82, 2.24) is 0 Å². The number of benzene rings is 2. The molecule has 0 unspecified atom stereocenters. The van der Waals surface area contributed by atoms with Gasteiger partial charge in [-0.15, -0.1) is 0 Å². The molecule has 122 valence electrons. The highest BCUT2D eigenvalue weighted by Gasteiger charge is 2.13. The molecule has 4 N–H and O–H groups in total. The quantitative estimate of drug-likeness (QED) is 0.734. The Bertz CT molecular complexity index is 690. The van der Waals surface area contributed by atoms with E-state index in [0.29, 0.717) is 6.54 Å². The predicted molar refractivity (Wildman–Crippen MR) is 85.2 cm³/mol. The molecule has 0 aromatic heterocycles. The number of anilines is 3. The van der Waals surface area contributed by atoms with Gasteiger partial charge in [-0.2, -0.15) is 0 Å². The van der Waals surface area contributed by atoms with E-state index in [-0.39, 0.29) is 29.5 Å². The molecule has 2 aromatic rings. The van der Waals surface area contributed by atoms with Crippen molar-refractivity contribution < 1.29 is 18.3 Å². The third kappa shape index (κ3) is 4.32. The van der Waals surface area contributed by atoms with Crippen LogP contribution < -0.4 is 16.4 Å². The minimum absolute atomic E-state index is 0.133. The van der Waals surface area contributed by atoms with Gasteiger partial charge in [-0.05, 0) is 36.8 Å². The van der Waals surface area contributed by atoms with Crippen LogP contribution >= 0.6 is 0 Å². The lowest BCUT2D eigenvalue weighted by Crippen LogP contribution is -2.15. The summed E-state index contributed by atoms with van der Waals surface area (Å²) >= 11 is 0. The maximum Gasteiger partial charge on any atom is 0.411 e. The summed E-state index contributed by atoms with van der Waals surface area (Å²) in [6.07, 6.45) is -0.703. The Hall–Kier alpha value is -2.83. The lowest BCUT2D eigenvalue weighted by atomic mass is 10.2. The van der Waals surface area contributed by atoms with Crippen molar-refractivity contribution in [3.05, 3.63) is 53.6 Å². The molecule has 2 rings (SSSR count). The third-order valence-electron chi connectivity index (χ3n) is 3.09. The van der Waals surface area contributed by atoms with Crippen LogP contribution in [0, 0.1) is 11.6 Å². The van der Waals surface area contributed by atoms with Crippen molar-refractivity contribution in [3.63, 3.8) is 0 Å². The minimum Gasteiger partial charge on any atom is -0.450 e. The maximum atomic E-state index is 14.2. The number of carbonyl (C=O) groups excluding carboxylic acids is 1. The molecule has 0 atom stereocenters. The second kappa shape index (κ2) is 7.44. The van der Waals surface area contributed by atoms with E-state index in [1.165, 1.54) is 24.3 Å². The zero-order valence-corrected chi connectivity index (χ0v) is 12.5. The Morgan fingerprint density at radius 3 is 2.43 bits per heavy atom. The molecular weight excluding hydrogens is 303 g/mol. The monoisotopic (exact) mass is 320 g/mol. The van der Waals surface area contributed by atoms with Crippen molar-refractivity contribution in [2.75, 3.05) is 23.0 Å². The van der Waals surface area contributed by atoms with E-state index in [1.807, 2.05) is 0 Å². The molecule has 0 aliphatic carbocycles. The standard InChI is InChI=1S/C16H17F2N3O2/c1-2-23-16(22)21-13-8-7-12(14(18)15(13)19)20-9-10-3-5-11(17)6-4-10/h3-8,20H,2,9,19H2,1H3,(H,21,22)/i17-1. The molecule has 2 aromatic carbocycles. The van der Waals surface area contributed by atoms with Crippen LogP contribution in [0.3, 0.4) is 0 Å². The van der Waals surface area contributed by atoms with E-state index in [0.717, 1.165) is 5.56 Å². The van der Waals surface area contributed by atoms with Crippen molar-refractivity contribution in [3.8, 4) is 0 Å². The van der Waals surface area contributed by atoms with Gasteiger partial charge < -0.3 is 15.8 Å². The molecule has 5 nitrogen and oxygen atoms in total. The van der Waals surface area contributed by atoms with Crippen LogP contribution in [0.4, 0.5) is 30.6 Å². The van der Waals surface area contributed by atoms with Gasteiger partial charge in [0, 0.05) is 6.54 Å². The Morgan fingerprint density at radius 2 is 1.78 bits per heavy atom. The summed E-state index contributed by atoms with van der Waals surface area (Å²) in [6, 6.07) is 8.78. The fourth-order valence-corrected chi connectivity index (χ4v) is 1.92. The van der Waals surface area contributed by atoms with Gasteiger partial charge >= 0.3 is 6.09 Å². The van der Waals surface area contributed by atoms with Crippen LogP contribution in [0.5, 0.6) is 0 Å². The first-order chi connectivity index (χ1) is 11.0. The Labute approximate surface area is 132 Å². The van der Waals surface area contributed by atoms with Gasteiger partial charge in [-0.25, -0.2) is 13.6 Å². The normalized spacial score (nSPS) is 10.2. The van der Waals surface area contributed by atoms with E-state index in [2.05, 4.69) is 10.6 Å². The van der Waals surface area contributed by atoms with E-state index < -0.39 is 11.9 Å². The first kappa shape index (κ1) is 16.5. The summed E-state index contributed by atoms with van der Waals surface area (Å²) in [5.41, 5.74) is 6.59. The summed E-state index contributed by atoms with van der Waals surface area (Å²) in [5.74, 6) is -1.01. The summed E-state index contributed by atoms with van der Waals surface area (Å²) in [4.78, 5) is 11.3. The maximum absolute atomic E-state index is 14.2. The van der Waals surface area contributed by atoms with Gasteiger partial charge in [0.05, 0.1) is 23.7 Å². The highest BCUT2D eigenvalue weighted by Crippen LogP contribution is 2.28. The molecule has 0 fully saturated rings. The molecule has 0 aliphatic rings. The number of nitrogen functional groups attached to an aromatic ring is 1. The average Bonchev–Trinajstić information content (AvgIpc) is 2.53. The highest BCUT2D eigenvalue weighted by atomic mass is 19.1. The van der Waals surface area contributed by atoms with Crippen molar-refractivity contribution in [2.45, 2.75) is 13.5 Å². The minimum atomic E-state index is -0.703. The second-order valence-electron chi connectivity index (χ2n) is 4.71. The zero-order valence-electron chi connectivity index (χ0n) is 12.5. The number of rotatable bonds is 5. The van der Waals surface area contributed by atoms with Crippen LogP contribution in [-0.4, -0.2) is 12.7 Å². The van der Waals surface area contributed by atoms with E-state index >= 15 is 0 Å². The summed E-state index contributed by atoms with van der Waals surface area (Å²) in [5, 5.41) is 5.24.